The van der Waals surface area contributed by atoms with E-state index in [2.05, 4.69) is 21.0 Å². The second-order valence-corrected chi connectivity index (χ2v) is 4.45. The number of nitrogens with zero attached hydrogens (tertiary/aromatic N) is 2. The molecular formula is C11H11BrN4O. The number of rotatable bonds is 3. The van der Waals surface area contributed by atoms with Crippen molar-refractivity contribution in [2.75, 3.05) is 0 Å². The van der Waals surface area contributed by atoms with Crippen LogP contribution in [0.15, 0.2) is 34.9 Å². The third-order valence-corrected chi connectivity index (χ3v) is 2.74. The fraction of sp³-hybridized carbons (Fsp3) is 0.0909. The van der Waals surface area contributed by atoms with Crippen LogP contribution in [0.3, 0.4) is 0 Å². The lowest BCUT2D eigenvalue weighted by Gasteiger charge is -2.05. The summed E-state index contributed by atoms with van der Waals surface area (Å²) in [6, 6.07) is 7.30. The fourth-order valence-corrected chi connectivity index (χ4v) is 2.01. The first-order chi connectivity index (χ1) is 8.10. The van der Waals surface area contributed by atoms with Crippen LogP contribution in [0.4, 0.5) is 0 Å². The van der Waals surface area contributed by atoms with E-state index in [1.54, 1.807) is 16.9 Å². The van der Waals surface area contributed by atoms with E-state index in [0.29, 0.717) is 6.54 Å². The quantitative estimate of drug-likeness (QED) is 0.891. The van der Waals surface area contributed by atoms with Crippen LogP contribution in [0, 0.1) is 0 Å². The number of nitrogens with two attached hydrogens (primary N) is 2. The monoisotopic (exact) mass is 294 g/mol. The second kappa shape index (κ2) is 4.68. The predicted octanol–water partition coefficient (Wildman–Crippen LogP) is 1.19. The molecule has 5 nitrogen and oxygen atoms in total. The smallest absolute Gasteiger partial charge is 0.269 e. The van der Waals surface area contributed by atoms with E-state index in [9.17, 15) is 4.79 Å². The van der Waals surface area contributed by atoms with Gasteiger partial charge in [0, 0.05) is 17.2 Å². The summed E-state index contributed by atoms with van der Waals surface area (Å²) in [5, 5.41) is 4.08. The second-order valence-electron chi connectivity index (χ2n) is 3.53. The van der Waals surface area contributed by atoms with E-state index in [4.69, 9.17) is 11.5 Å². The molecule has 0 aliphatic carbocycles. The van der Waals surface area contributed by atoms with Crippen LogP contribution < -0.4 is 11.5 Å². The highest BCUT2D eigenvalue weighted by Gasteiger charge is 2.07. The van der Waals surface area contributed by atoms with Crippen LogP contribution in [0.25, 0.3) is 5.69 Å². The summed E-state index contributed by atoms with van der Waals surface area (Å²) in [4.78, 5) is 11.0. The number of aromatic nitrogens is 2. The molecule has 1 amide bonds. The highest BCUT2D eigenvalue weighted by molar-refractivity contribution is 9.10. The van der Waals surface area contributed by atoms with Crippen molar-refractivity contribution in [3.05, 3.63) is 46.2 Å². The van der Waals surface area contributed by atoms with Crippen molar-refractivity contribution < 1.29 is 4.79 Å². The fourth-order valence-electron chi connectivity index (χ4n) is 1.48. The molecule has 2 rings (SSSR count). The summed E-state index contributed by atoms with van der Waals surface area (Å²) in [6.07, 6.45) is 1.68. The van der Waals surface area contributed by atoms with Gasteiger partial charge in [-0.3, -0.25) is 4.79 Å². The van der Waals surface area contributed by atoms with Crippen molar-refractivity contribution >= 4 is 21.8 Å². The Hall–Kier alpha value is -1.66. The van der Waals surface area contributed by atoms with Gasteiger partial charge in [-0.25, -0.2) is 4.68 Å². The maximum absolute atomic E-state index is 11.0. The van der Waals surface area contributed by atoms with E-state index in [0.717, 1.165) is 15.7 Å². The maximum Gasteiger partial charge on any atom is 0.269 e. The first kappa shape index (κ1) is 11.8. The molecule has 6 heteroatoms. The first-order valence-corrected chi connectivity index (χ1v) is 5.75. The van der Waals surface area contributed by atoms with Gasteiger partial charge in [-0.1, -0.05) is 15.9 Å². The lowest BCUT2D eigenvalue weighted by atomic mass is 10.2. The third-order valence-electron chi connectivity index (χ3n) is 2.28. The Kier molecular flexibility index (Phi) is 3.26. The van der Waals surface area contributed by atoms with Gasteiger partial charge in [-0.2, -0.15) is 5.10 Å². The lowest BCUT2D eigenvalue weighted by molar-refractivity contribution is 0.0995. The molecule has 0 aliphatic heterocycles. The molecule has 1 aromatic heterocycles. The number of halogens is 1. The zero-order chi connectivity index (χ0) is 12.4. The van der Waals surface area contributed by atoms with E-state index in [1.807, 2.05) is 18.2 Å². The Balaban J connectivity index is 2.44. The van der Waals surface area contributed by atoms with Crippen molar-refractivity contribution in [3.63, 3.8) is 0 Å². The standard InChI is InChI=1S/C11H11BrN4O/c12-8-3-7(6-13)4-9(5-8)16-2-1-10(15-16)11(14)17/h1-5H,6,13H2,(H2,14,17). The summed E-state index contributed by atoms with van der Waals surface area (Å²) < 4.78 is 2.50. The highest BCUT2D eigenvalue weighted by Crippen LogP contribution is 2.18. The Morgan fingerprint density at radius 2 is 2.18 bits per heavy atom. The van der Waals surface area contributed by atoms with Crippen LogP contribution in [-0.4, -0.2) is 15.7 Å². The van der Waals surface area contributed by atoms with Crippen LogP contribution in [-0.2, 0) is 6.54 Å². The molecule has 0 spiro atoms. The number of hydrogen-bond acceptors (Lipinski definition) is 3. The number of hydrogen-bond donors (Lipinski definition) is 2. The molecule has 0 fully saturated rings. The molecule has 17 heavy (non-hydrogen) atoms. The van der Waals surface area contributed by atoms with Crippen molar-refractivity contribution in [2.24, 2.45) is 11.5 Å². The normalized spacial score (nSPS) is 10.5. The van der Waals surface area contributed by atoms with Gasteiger partial charge in [0.25, 0.3) is 5.91 Å². The number of carbonyl (C=O) groups is 1. The molecule has 1 aromatic carbocycles. The summed E-state index contributed by atoms with van der Waals surface area (Å²) in [5.41, 5.74) is 12.8. The Labute approximate surface area is 107 Å². The van der Waals surface area contributed by atoms with E-state index >= 15 is 0 Å². The molecule has 0 saturated heterocycles. The third kappa shape index (κ3) is 2.54. The number of benzene rings is 1. The SMILES string of the molecule is NCc1cc(Br)cc(-n2ccc(C(N)=O)n2)c1. The topological polar surface area (TPSA) is 86.9 Å². The maximum atomic E-state index is 11.0. The van der Waals surface area contributed by atoms with Crippen LogP contribution in [0.2, 0.25) is 0 Å². The molecule has 0 radical (unpaired) electrons. The van der Waals surface area contributed by atoms with Gasteiger partial charge in [0.05, 0.1) is 5.69 Å². The zero-order valence-corrected chi connectivity index (χ0v) is 10.5. The van der Waals surface area contributed by atoms with Crippen LogP contribution in [0.1, 0.15) is 16.1 Å². The van der Waals surface area contributed by atoms with Gasteiger partial charge in [-0.05, 0) is 29.8 Å². The Bertz CT molecular complexity index is 564. The van der Waals surface area contributed by atoms with Crippen LogP contribution in [0.5, 0.6) is 0 Å². The van der Waals surface area contributed by atoms with Crippen molar-refractivity contribution in [3.8, 4) is 5.69 Å². The van der Waals surface area contributed by atoms with Crippen molar-refractivity contribution in [2.45, 2.75) is 6.54 Å². The minimum absolute atomic E-state index is 0.235. The lowest BCUT2D eigenvalue weighted by Crippen LogP contribution is -2.12. The van der Waals surface area contributed by atoms with Crippen LogP contribution >= 0.6 is 15.9 Å². The number of carbonyl (C=O) groups excluding carboxylic acids is 1. The molecule has 2 aromatic rings. The largest absolute Gasteiger partial charge is 0.364 e. The number of primary amides is 1. The van der Waals surface area contributed by atoms with Gasteiger partial charge < -0.3 is 11.5 Å². The van der Waals surface area contributed by atoms with Gasteiger partial charge in [0.1, 0.15) is 5.69 Å². The zero-order valence-electron chi connectivity index (χ0n) is 8.93. The van der Waals surface area contributed by atoms with E-state index in [1.165, 1.54) is 0 Å². The molecule has 0 saturated carbocycles. The molecule has 0 unspecified atom stereocenters. The van der Waals surface area contributed by atoms with Gasteiger partial charge in [-0.15, -0.1) is 0 Å². The molecule has 88 valence electrons. The molecule has 0 atom stereocenters. The Morgan fingerprint density at radius 3 is 2.76 bits per heavy atom. The summed E-state index contributed by atoms with van der Waals surface area (Å²) in [7, 11) is 0. The molecular weight excluding hydrogens is 284 g/mol. The number of amides is 1. The van der Waals surface area contributed by atoms with Crippen molar-refractivity contribution in [1.82, 2.24) is 9.78 Å². The molecule has 4 N–H and O–H groups in total. The predicted molar refractivity (Wildman–Crippen MR) is 67.7 cm³/mol. The summed E-state index contributed by atoms with van der Waals surface area (Å²) >= 11 is 3.40. The summed E-state index contributed by atoms with van der Waals surface area (Å²) in [5.74, 6) is -0.544. The van der Waals surface area contributed by atoms with Gasteiger partial charge in [0.15, 0.2) is 0 Å². The molecule has 0 aliphatic rings. The van der Waals surface area contributed by atoms with Gasteiger partial charge >= 0.3 is 0 Å². The average molecular weight is 295 g/mol. The highest BCUT2D eigenvalue weighted by atomic mass is 79.9. The first-order valence-electron chi connectivity index (χ1n) is 4.95. The molecule has 1 heterocycles. The summed E-state index contributed by atoms with van der Waals surface area (Å²) in [6.45, 7) is 0.441. The van der Waals surface area contributed by atoms with E-state index < -0.39 is 5.91 Å². The van der Waals surface area contributed by atoms with Gasteiger partial charge in [0.2, 0.25) is 0 Å². The minimum Gasteiger partial charge on any atom is -0.364 e. The average Bonchev–Trinajstić information content (AvgIpc) is 2.77. The Morgan fingerprint density at radius 1 is 1.41 bits per heavy atom. The van der Waals surface area contributed by atoms with Crippen molar-refractivity contribution in [1.29, 1.82) is 0 Å². The minimum atomic E-state index is -0.544. The van der Waals surface area contributed by atoms with E-state index in [-0.39, 0.29) is 5.69 Å². The molecule has 0 bridgehead atoms.